The molecule has 7 nitrogen and oxygen atoms in total. The van der Waals surface area contributed by atoms with Gasteiger partial charge in [0, 0.05) is 5.75 Å². The number of thioether (sulfide) groups is 1. The molecule has 0 bridgehead atoms. The second-order valence-corrected chi connectivity index (χ2v) is 10.7. The highest BCUT2D eigenvalue weighted by atomic mass is 32.2. The minimum Gasteiger partial charge on any atom is -0.299 e. The van der Waals surface area contributed by atoms with E-state index in [-0.39, 0.29) is 0 Å². The summed E-state index contributed by atoms with van der Waals surface area (Å²) in [5.41, 5.74) is 1.36. The maximum absolute atomic E-state index is 12.6. The van der Waals surface area contributed by atoms with E-state index in [9.17, 15) is 13.2 Å². The molecule has 1 amide bonds. The van der Waals surface area contributed by atoms with E-state index in [2.05, 4.69) is 29.4 Å². The number of hydrogen-bond acceptors (Lipinski definition) is 7. The molecule has 0 spiro atoms. The van der Waals surface area contributed by atoms with Crippen molar-refractivity contribution in [2.45, 2.75) is 38.1 Å². The summed E-state index contributed by atoms with van der Waals surface area (Å²) in [5, 5.41) is 11.1. The van der Waals surface area contributed by atoms with E-state index >= 15 is 0 Å². The zero-order chi connectivity index (χ0) is 20.2. The zero-order valence-electron chi connectivity index (χ0n) is 16.0. The van der Waals surface area contributed by atoms with Crippen molar-refractivity contribution >= 4 is 49.8 Å². The van der Waals surface area contributed by atoms with Crippen LogP contribution in [0, 0.1) is 12.8 Å². The second-order valence-electron chi connectivity index (χ2n) is 6.64. The molecule has 0 saturated heterocycles. The molecule has 148 valence electrons. The summed E-state index contributed by atoms with van der Waals surface area (Å²) in [4.78, 5) is 12.6. The largest absolute Gasteiger partial charge is 0.299 e. The Kier molecular flexibility index (Phi) is 7.24. The number of amides is 1. The molecule has 1 heterocycles. The van der Waals surface area contributed by atoms with Gasteiger partial charge in [-0.2, -0.15) is 0 Å². The topological polar surface area (TPSA) is 92.3 Å². The molecule has 0 aliphatic rings. The van der Waals surface area contributed by atoms with Gasteiger partial charge < -0.3 is 0 Å². The Labute approximate surface area is 168 Å². The first-order valence-electron chi connectivity index (χ1n) is 8.41. The molecule has 10 heteroatoms. The number of rotatable bonds is 8. The molecule has 2 aromatic rings. The summed E-state index contributed by atoms with van der Waals surface area (Å²) >= 11 is 2.86. The molecule has 1 atom stereocenters. The predicted octanol–water partition coefficient (Wildman–Crippen LogP) is 3.39. The molecule has 1 aromatic carbocycles. The Morgan fingerprint density at radius 1 is 1.30 bits per heavy atom. The lowest BCUT2D eigenvalue weighted by atomic mass is 10.2. The van der Waals surface area contributed by atoms with Crippen LogP contribution in [0.2, 0.25) is 0 Å². The van der Waals surface area contributed by atoms with Crippen molar-refractivity contribution in [2.24, 2.45) is 5.92 Å². The van der Waals surface area contributed by atoms with Gasteiger partial charge in [-0.05, 0) is 37.5 Å². The van der Waals surface area contributed by atoms with E-state index < -0.39 is 22.0 Å². The Bertz CT molecular complexity index is 896. The molecule has 0 aliphatic carbocycles. The minimum atomic E-state index is -3.65. The van der Waals surface area contributed by atoms with Crippen molar-refractivity contribution in [1.82, 2.24) is 10.2 Å². The van der Waals surface area contributed by atoms with Gasteiger partial charge in [0.05, 0.1) is 11.9 Å². The number of sulfonamides is 1. The fourth-order valence-corrected chi connectivity index (χ4v) is 5.24. The van der Waals surface area contributed by atoms with Gasteiger partial charge in [0.1, 0.15) is 6.04 Å². The molecular formula is C17H24N4O3S3. The van der Waals surface area contributed by atoms with Crippen molar-refractivity contribution in [3.8, 4) is 0 Å². The van der Waals surface area contributed by atoms with Crippen molar-refractivity contribution in [3.05, 3.63) is 29.8 Å². The van der Waals surface area contributed by atoms with E-state index in [4.69, 9.17) is 0 Å². The summed E-state index contributed by atoms with van der Waals surface area (Å²) in [6.45, 7) is 7.65. The molecule has 0 saturated carbocycles. The van der Waals surface area contributed by atoms with Crippen LogP contribution in [-0.2, 0) is 14.8 Å². The van der Waals surface area contributed by atoms with E-state index in [1.54, 1.807) is 36.9 Å². The normalized spacial score (nSPS) is 12.8. The lowest BCUT2D eigenvalue weighted by Crippen LogP contribution is -2.45. The van der Waals surface area contributed by atoms with Crippen molar-refractivity contribution in [2.75, 3.05) is 21.6 Å². The van der Waals surface area contributed by atoms with Crippen LogP contribution in [0.1, 0.15) is 26.3 Å². The van der Waals surface area contributed by atoms with Gasteiger partial charge in [0.25, 0.3) is 0 Å². The number of benzene rings is 1. The Hall–Kier alpha value is -1.65. The summed E-state index contributed by atoms with van der Waals surface area (Å²) in [6, 6.07) is 6.10. The average molecular weight is 429 g/mol. The van der Waals surface area contributed by atoms with Crippen LogP contribution in [0.15, 0.2) is 28.6 Å². The Morgan fingerprint density at radius 3 is 2.59 bits per heavy atom. The number of carbonyl (C=O) groups excluding carboxylic acids is 1. The second kappa shape index (κ2) is 9.03. The maximum Gasteiger partial charge on any atom is 0.249 e. The van der Waals surface area contributed by atoms with Crippen molar-refractivity contribution in [1.29, 1.82) is 0 Å². The van der Waals surface area contributed by atoms with Gasteiger partial charge in [-0.15, -0.1) is 10.2 Å². The number of aromatic nitrogens is 2. The van der Waals surface area contributed by atoms with E-state index in [0.29, 0.717) is 16.7 Å². The highest BCUT2D eigenvalue weighted by Gasteiger charge is 2.29. The molecule has 0 aliphatic heterocycles. The molecule has 1 N–H and O–H groups in total. The van der Waals surface area contributed by atoms with E-state index in [1.165, 1.54) is 11.3 Å². The number of nitrogens with zero attached hydrogens (tertiary/aromatic N) is 3. The number of aryl methyl sites for hydroxylation is 1. The predicted molar refractivity (Wildman–Crippen MR) is 112 cm³/mol. The van der Waals surface area contributed by atoms with Gasteiger partial charge in [-0.1, -0.05) is 49.1 Å². The fraction of sp³-hybridized carbons (Fsp3) is 0.471. The first-order chi connectivity index (χ1) is 12.6. The zero-order valence-corrected chi connectivity index (χ0v) is 18.4. The highest BCUT2D eigenvalue weighted by Crippen LogP contribution is 2.28. The molecule has 0 unspecified atom stereocenters. The monoisotopic (exact) mass is 428 g/mol. The number of nitrogens with one attached hydrogen (secondary N) is 1. The van der Waals surface area contributed by atoms with Crippen LogP contribution in [0.3, 0.4) is 0 Å². The van der Waals surface area contributed by atoms with Crippen LogP contribution in [0.5, 0.6) is 0 Å². The van der Waals surface area contributed by atoms with E-state index in [1.807, 2.05) is 13.0 Å². The maximum atomic E-state index is 12.6. The number of anilines is 2. The smallest absolute Gasteiger partial charge is 0.249 e. The standard InChI is InChI=1S/C17H24N4O3S3/c1-11(2)10-25-17-20-19-16(26-17)18-15(22)13(4)21(27(5,23)24)14-8-6-7-12(3)9-14/h6-9,11,13H,10H2,1-5H3,(H,18,19,22)/t13-/m1/s1. The van der Waals surface area contributed by atoms with Crippen LogP contribution < -0.4 is 9.62 Å². The lowest BCUT2D eigenvalue weighted by Gasteiger charge is -2.28. The third-order valence-corrected chi connectivity index (χ3v) is 7.16. The van der Waals surface area contributed by atoms with Gasteiger partial charge in [-0.25, -0.2) is 8.42 Å². The van der Waals surface area contributed by atoms with Gasteiger partial charge in [0.15, 0.2) is 4.34 Å². The molecule has 2 rings (SSSR count). The minimum absolute atomic E-state index is 0.357. The third kappa shape index (κ3) is 6.18. The van der Waals surface area contributed by atoms with Gasteiger partial charge >= 0.3 is 0 Å². The molecular weight excluding hydrogens is 404 g/mol. The molecule has 0 fully saturated rings. The Morgan fingerprint density at radius 2 is 2.00 bits per heavy atom. The molecule has 27 heavy (non-hydrogen) atoms. The average Bonchev–Trinajstić information content (AvgIpc) is 2.99. The summed E-state index contributed by atoms with van der Waals surface area (Å²) in [5.74, 6) is 0.974. The first kappa shape index (κ1) is 21.6. The summed E-state index contributed by atoms with van der Waals surface area (Å²) in [7, 11) is -3.65. The van der Waals surface area contributed by atoms with Crippen LogP contribution in [-0.4, -0.2) is 42.6 Å². The first-order valence-corrected chi connectivity index (χ1v) is 12.1. The fourth-order valence-electron chi connectivity index (χ4n) is 2.34. The lowest BCUT2D eigenvalue weighted by molar-refractivity contribution is -0.116. The molecule has 1 aromatic heterocycles. The van der Waals surface area contributed by atoms with Crippen LogP contribution in [0.4, 0.5) is 10.8 Å². The highest BCUT2D eigenvalue weighted by molar-refractivity contribution is 8.01. The van der Waals surface area contributed by atoms with Crippen LogP contribution >= 0.6 is 23.1 Å². The quantitative estimate of drug-likeness (QED) is 0.512. The van der Waals surface area contributed by atoms with Crippen LogP contribution in [0.25, 0.3) is 0 Å². The van der Waals surface area contributed by atoms with Gasteiger partial charge in [0.2, 0.25) is 21.1 Å². The third-order valence-electron chi connectivity index (χ3n) is 3.52. The summed E-state index contributed by atoms with van der Waals surface area (Å²) < 4.78 is 26.5. The van der Waals surface area contributed by atoms with Gasteiger partial charge in [-0.3, -0.25) is 14.4 Å². The van der Waals surface area contributed by atoms with E-state index in [0.717, 1.165) is 26.2 Å². The number of hydrogen-bond donors (Lipinski definition) is 1. The van der Waals surface area contributed by atoms with Crippen molar-refractivity contribution in [3.63, 3.8) is 0 Å². The number of carbonyl (C=O) groups is 1. The molecule has 0 radical (unpaired) electrons. The summed E-state index contributed by atoms with van der Waals surface area (Å²) in [6.07, 6.45) is 1.09. The Balaban J connectivity index is 2.16. The SMILES string of the molecule is Cc1cccc(N([C@H](C)C(=O)Nc2nnc(SCC(C)C)s2)S(C)(=O)=O)c1. The van der Waals surface area contributed by atoms with Crippen molar-refractivity contribution < 1.29 is 13.2 Å².